The average Bonchev–Trinajstić information content (AvgIpc) is 3.22. The number of nitrogen functional groups attached to an aromatic ring is 1. The number of hydrogen-bond donors (Lipinski definition) is 2. The lowest BCUT2D eigenvalue weighted by molar-refractivity contribution is 0.670. The Morgan fingerprint density at radius 1 is 1.32 bits per heavy atom. The van der Waals surface area contributed by atoms with Crippen LogP contribution in [0.3, 0.4) is 0 Å². The van der Waals surface area contributed by atoms with E-state index < -0.39 is 0 Å². The standard InChI is InChI=1S/C15H22N4/c1-10-6-7-18-15(13(10)14(16)17)19(8-11-2-3-11)9-12-4-5-12/h6-7,11-12H,2-5,8-9H2,1H3,(H3,16,17). The highest BCUT2D eigenvalue weighted by atomic mass is 15.2. The van der Waals surface area contributed by atoms with Gasteiger partial charge in [-0.15, -0.1) is 0 Å². The predicted molar refractivity (Wildman–Crippen MR) is 77.7 cm³/mol. The minimum atomic E-state index is 0.136. The van der Waals surface area contributed by atoms with Crippen LogP contribution in [0.25, 0.3) is 0 Å². The van der Waals surface area contributed by atoms with E-state index >= 15 is 0 Å². The summed E-state index contributed by atoms with van der Waals surface area (Å²) in [4.78, 5) is 6.90. The van der Waals surface area contributed by atoms with Gasteiger partial charge in [0, 0.05) is 19.3 Å². The lowest BCUT2D eigenvalue weighted by Gasteiger charge is -2.26. The van der Waals surface area contributed by atoms with Gasteiger partial charge in [-0.3, -0.25) is 5.41 Å². The fourth-order valence-corrected chi connectivity index (χ4v) is 2.59. The molecule has 4 heteroatoms. The second kappa shape index (κ2) is 4.83. The Bertz CT molecular complexity index is 475. The summed E-state index contributed by atoms with van der Waals surface area (Å²) in [5, 5.41) is 7.82. The first kappa shape index (κ1) is 12.5. The first-order valence-electron chi connectivity index (χ1n) is 7.20. The maximum absolute atomic E-state index is 7.82. The first-order chi connectivity index (χ1) is 9.15. The lowest BCUT2D eigenvalue weighted by atomic mass is 10.1. The molecule has 0 saturated heterocycles. The van der Waals surface area contributed by atoms with Crippen molar-refractivity contribution in [1.29, 1.82) is 5.41 Å². The van der Waals surface area contributed by atoms with Crippen molar-refractivity contribution in [3.63, 3.8) is 0 Å². The molecule has 0 aliphatic heterocycles. The molecule has 0 aromatic carbocycles. The lowest BCUT2D eigenvalue weighted by Crippen LogP contribution is -2.32. The van der Waals surface area contributed by atoms with E-state index in [1.165, 1.54) is 25.7 Å². The van der Waals surface area contributed by atoms with Gasteiger partial charge in [-0.2, -0.15) is 0 Å². The maximum atomic E-state index is 7.82. The van der Waals surface area contributed by atoms with Crippen molar-refractivity contribution in [2.24, 2.45) is 17.6 Å². The van der Waals surface area contributed by atoms with E-state index in [1.807, 2.05) is 19.2 Å². The third-order valence-corrected chi connectivity index (χ3v) is 4.06. The molecule has 0 unspecified atom stereocenters. The van der Waals surface area contributed by atoms with Gasteiger partial charge in [-0.05, 0) is 56.1 Å². The summed E-state index contributed by atoms with van der Waals surface area (Å²) in [5.41, 5.74) is 7.64. The van der Waals surface area contributed by atoms with E-state index in [-0.39, 0.29) is 5.84 Å². The van der Waals surface area contributed by atoms with Crippen LogP contribution in [-0.2, 0) is 0 Å². The van der Waals surface area contributed by atoms with E-state index in [1.54, 1.807) is 0 Å². The minimum absolute atomic E-state index is 0.136. The summed E-state index contributed by atoms with van der Waals surface area (Å²) in [5.74, 6) is 2.70. The molecule has 4 nitrogen and oxygen atoms in total. The number of nitrogens with one attached hydrogen (secondary N) is 1. The molecule has 1 heterocycles. The van der Waals surface area contributed by atoms with E-state index in [9.17, 15) is 0 Å². The largest absolute Gasteiger partial charge is 0.384 e. The number of anilines is 1. The van der Waals surface area contributed by atoms with Crippen LogP contribution in [0, 0.1) is 24.2 Å². The number of nitrogens with two attached hydrogens (primary N) is 1. The number of aryl methyl sites for hydroxylation is 1. The molecular formula is C15H22N4. The first-order valence-corrected chi connectivity index (χ1v) is 7.20. The molecule has 3 rings (SSSR count). The Kier molecular flexibility index (Phi) is 3.17. The molecule has 0 atom stereocenters. The van der Waals surface area contributed by atoms with Crippen LogP contribution in [0.4, 0.5) is 5.82 Å². The van der Waals surface area contributed by atoms with Crippen LogP contribution in [0.2, 0.25) is 0 Å². The normalized spacial score (nSPS) is 18.4. The van der Waals surface area contributed by atoms with E-state index in [4.69, 9.17) is 11.1 Å². The fraction of sp³-hybridized carbons (Fsp3) is 0.600. The smallest absolute Gasteiger partial charge is 0.139 e. The highest BCUT2D eigenvalue weighted by molar-refractivity contribution is 6.01. The van der Waals surface area contributed by atoms with Crippen molar-refractivity contribution in [3.05, 3.63) is 23.4 Å². The van der Waals surface area contributed by atoms with Gasteiger partial charge in [0.1, 0.15) is 11.7 Å². The zero-order valence-corrected chi connectivity index (χ0v) is 11.5. The third-order valence-electron chi connectivity index (χ3n) is 4.06. The van der Waals surface area contributed by atoms with Gasteiger partial charge in [0.2, 0.25) is 0 Å². The summed E-state index contributed by atoms with van der Waals surface area (Å²) in [7, 11) is 0. The van der Waals surface area contributed by atoms with Crippen LogP contribution in [0.1, 0.15) is 36.8 Å². The van der Waals surface area contributed by atoms with Crippen LogP contribution >= 0.6 is 0 Å². The number of pyridine rings is 1. The van der Waals surface area contributed by atoms with Crippen molar-refractivity contribution in [3.8, 4) is 0 Å². The van der Waals surface area contributed by atoms with Gasteiger partial charge in [-0.1, -0.05) is 0 Å². The Labute approximate surface area is 114 Å². The molecule has 2 fully saturated rings. The summed E-state index contributed by atoms with van der Waals surface area (Å²) in [6.45, 7) is 4.16. The second-order valence-electron chi connectivity index (χ2n) is 6.03. The number of hydrogen-bond acceptors (Lipinski definition) is 3. The fourth-order valence-electron chi connectivity index (χ4n) is 2.59. The number of aromatic nitrogens is 1. The van der Waals surface area contributed by atoms with Crippen molar-refractivity contribution in [2.45, 2.75) is 32.6 Å². The van der Waals surface area contributed by atoms with E-state index in [0.29, 0.717) is 0 Å². The molecule has 0 radical (unpaired) electrons. The van der Waals surface area contributed by atoms with Gasteiger partial charge >= 0.3 is 0 Å². The molecule has 1 aromatic rings. The summed E-state index contributed by atoms with van der Waals surface area (Å²) in [6, 6.07) is 1.94. The Morgan fingerprint density at radius 3 is 2.37 bits per heavy atom. The van der Waals surface area contributed by atoms with E-state index in [0.717, 1.165) is 41.9 Å². The van der Waals surface area contributed by atoms with Gasteiger partial charge in [0.15, 0.2) is 0 Å². The highest BCUT2D eigenvalue weighted by Crippen LogP contribution is 2.36. The highest BCUT2D eigenvalue weighted by Gasteiger charge is 2.31. The molecule has 2 aliphatic rings. The van der Waals surface area contributed by atoms with Crippen LogP contribution < -0.4 is 10.6 Å². The zero-order chi connectivity index (χ0) is 13.4. The quantitative estimate of drug-likeness (QED) is 0.608. The molecule has 19 heavy (non-hydrogen) atoms. The molecule has 2 saturated carbocycles. The van der Waals surface area contributed by atoms with Crippen LogP contribution in [0.5, 0.6) is 0 Å². The molecule has 2 aliphatic carbocycles. The summed E-state index contributed by atoms with van der Waals surface area (Å²) < 4.78 is 0. The van der Waals surface area contributed by atoms with Crippen LogP contribution in [0.15, 0.2) is 12.3 Å². The van der Waals surface area contributed by atoms with Crippen molar-refractivity contribution >= 4 is 11.7 Å². The van der Waals surface area contributed by atoms with Crippen molar-refractivity contribution in [2.75, 3.05) is 18.0 Å². The number of amidine groups is 1. The SMILES string of the molecule is Cc1ccnc(N(CC2CC2)CC2CC2)c1C(=N)N. The third kappa shape index (κ3) is 2.88. The van der Waals surface area contributed by atoms with Crippen molar-refractivity contribution in [1.82, 2.24) is 4.98 Å². The van der Waals surface area contributed by atoms with Gasteiger partial charge in [0.25, 0.3) is 0 Å². The number of rotatable bonds is 6. The molecule has 102 valence electrons. The van der Waals surface area contributed by atoms with Crippen LogP contribution in [-0.4, -0.2) is 23.9 Å². The van der Waals surface area contributed by atoms with E-state index in [2.05, 4.69) is 9.88 Å². The van der Waals surface area contributed by atoms with Gasteiger partial charge in [-0.25, -0.2) is 4.98 Å². The average molecular weight is 258 g/mol. The van der Waals surface area contributed by atoms with Gasteiger partial charge in [0.05, 0.1) is 5.56 Å². The molecular weight excluding hydrogens is 236 g/mol. The second-order valence-corrected chi connectivity index (χ2v) is 6.03. The molecule has 0 spiro atoms. The summed E-state index contributed by atoms with van der Waals surface area (Å²) >= 11 is 0. The Hall–Kier alpha value is -1.58. The number of nitrogens with zero attached hydrogens (tertiary/aromatic N) is 2. The minimum Gasteiger partial charge on any atom is -0.384 e. The molecule has 3 N–H and O–H groups in total. The maximum Gasteiger partial charge on any atom is 0.139 e. The predicted octanol–water partition coefficient (Wildman–Crippen LogP) is 2.30. The zero-order valence-electron chi connectivity index (χ0n) is 11.5. The molecule has 0 amide bonds. The topological polar surface area (TPSA) is 66.0 Å². The molecule has 0 bridgehead atoms. The molecule has 1 aromatic heterocycles. The Balaban J connectivity index is 1.90. The van der Waals surface area contributed by atoms with Gasteiger partial charge < -0.3 is 10.6 Å². The monoisotopic (exact) mass is 258 g/mol. The summed E-state index contributed by atoms with van der Waals surface area (Å²) in [6.07, 6.45) is 7.18. The van der Waals surface area contributed by atoms with Crippen molar-refractivity contribution < 1.29 is 0 Å². The Morgan fingerprint density at radius 2 is 1.89 bits per heavy atom.